The third-order valence-electron chi connectivity index (χ3n) is 2.98. The first-order chi connectivity index (χ1) is 8.79. The molecule has 0 bridgehead atoms. The number of nitrogens with zero attached hydrogens (tertiary/aromatic N) is 1. The highest BCUT2D eigenvalue weighted by Gasteiger charge is 2.09. The van der Waals surface area contributed by atoms with Crippen molar-refractivity contribution >= 4 is 17.1 Å². The lowest BCUT2D eigenvalue weighted by molar-refractivity contribution is 0.110. The van der Waals surface area contributed by atoms with Gasteiger partial charge in [0.1, 0.15) is 5.76 Å². The molecule has 88 valence electrons. The molecule has 2 heterocycles. The molecule has 0 aliphatic carbocycles. The molecule has 0 saturated carbocycles. The number of benzene rings is 1. The summed E-state index contributed by atoms with van der Waals surface area (Å²) in [6, 6.07) is 9.46. The fourth-order valence-electron chi connectivity index (χ4n) is 2.18. The average Bonchev–Trinajstić information content (AvgIpc) is 2.87. The van der Waals surface area contributed by atoms with E-state index in [1.54, 1.807) is 6.07 Å². The Balaban J connectivity index is 2.31. The molecule has 18 heavy (non-hydrogen) atoms. The van der Waals surface area contributed by atoms with Gasteiger partial charge < -0.3 is 4.42 Å². The predicted octanol–water partition coefficient (Wildman–Crippen LogP) is 3.62. The third-order valence-corrected chi connectivity index (χ3v) is 2.98. The number of rotatable bonds is 2. The molecule has 0 amide bonds. The summed E-state index contributed by atoms with van der Waals surface area (Å²) in [6.07, 6.45) is 4.37. The van der Waals surface area contributed by atoms with Crippen LogP contribution in [0.25, 0.3) is 22.1 Å². The van der Waals surface area contributed by atoms with Crippen LogP contribution >= 0.6 is 0 Å². The summed E-state index contributed by atoms with van der Waals surface area (Å²) in [4.78, 5) is 14.9. The van der Waals surface area contributed by atoms with Crippen molar-refractivity contribution in [3.63, 3.8) is 0 Å². The van der Waals surface area contributed by atoms with Crippen molar-refractivity contribution < 1.29 is 9.21 Å². The van der Waals surface area contributed by atoms with Crippen LogP contribution in [0.3, 0.4) is 0 Å². The summed E-state index contributed by atoms with van der Waals surface area (Å²) in [5, 5.41) is 2.18. The van der Waals surface area contributed by atoms with Crippen LogP contribution in [0.1, 0.15) is 16.1 Å². The van der Waals surface area contributed by atoms with Crippen molar-refractivity contribution in [2.45, 2.75) is 6.92 Å². The Morgan fingerprint density at radius 3 is 2.83 bits per heavy atom. The van der Waals surface area contributed by atoms with E-state index in [4.69, 9.17) is 4.42 Å². The zero-order valence-corrected chi connectivity index (χ0v) is 9.88. The molecule has 0 radical (unpaired) electrons. The van der Waals surface area contributed by atoms with Crippen LogP contribution in [0.5, 0.6) is 0 Å². The Morgan fingerprint density at radius 1 is 1.17 bits per heavy atom. The summed E-state index contributed by atoms with van der Waals surface area (Å²) in [5.41, 5.74) is 2.08. The normalized spacial score (nSPS) is 10.7. The van der Waals surface area contributed by atoms with E-state index in [1.165, 1.54) is 0 Å². The summed E-state index contributed by atoms with van der Waals surface area (Å²) in [6.45, 7) is 2.02. The van der Waals surface area contributed by atoms with Crippen molar-refractivity contribution in [3.8, 4) is 11.3 Å². The zero-order chi connectivity index (χ0) is 12.5. The van der Waals surface area contributed by atoms with Crippen LogP contribution < -0.4 is 0 Å². The van der Waals surface area contributed by atoms with E-state index in [1.807, 2.05) is 43.6 Å². The molecule has 0 aliphatic heterocycles. The van der Waals surface area contributed by atoms with E-state index in [9.17, 15) is 4.79 Å². The van der Waals surface area contributed by atoms with E-state index >= 15 is 0 Å². The second kappa shape index (κ2) is 4.11. The summed E-state index contributed by atoms with van der Waals surface area (Å²) in [5.74, 6) is 1.05. The van der Waals surface area contributed by atoms with Gasteiger partial charge in [0.05, 0.1) is 0 Å². The number of furan rings is 1. The number of hydrogen-bond donors (Lipinski definition) is 0. The van der Waals surface area contributed by atoms with Gasteiger partial charge in [0, 0.05) is 23.3 Å². The van der Waals surface area contributed by atoms with Gasteiger partial charge in [-0.25, -0.2) is 0 Å². The number of carbonyl (C=O) groups excluding carboxylic acids is 1. The second-order valence-electron chi connectivity index (χ2n) is 4.18. The minimum Gasteiger partial charge on any atom is -0.453 e. The molecular formula is C15H11NO2. The Hall–Kier alpha value is -2.42. The number of aromatic nitrogens is 1. The minimum atomic E-state index is 0.341. The van der Waals surface area contributed by atoms with Gasteiger partial charge >= 0.3 is 0 Å². The van der Waals surface area contributed by atoms with Crippen molar-refractivity contribution in [2.24, 2.45) is 0 Å². The van der Waals surface area contributed by atoms with Gasteiger partial charge in [-0.3, -0.25) is 9.78 Å². The number of pyridine rings is 1. The number of aldehydes is 1. The fourth-order valence-corrected chi connectivity index (χ4v) is 2.18. The highest BCUT2D eigenvalue weighted by atomic mass is 16.3. The Labute approximate surface area is 104 Å². The predicted molar refractivity (Wildman–Crippen MR) is 69.6 cm³/mol. The van der Waals surface area contributed by atoms with Gasteiger partial charge in [0.2, 0.25) is 0 Å². The monoisotopic (exact) mass is 237 g/mol. The van der Waals surface area contributed by atoms with Gasteiger partial charge in [-0.05, 0) is 30.0 Å². The van der Waals surface area contributed by atoms with Crippen LogP contribution in [0.4, 0.5) is 0 Å². The lowest BCUT2D eigenvalue weighted by Crippen LogP contribution is -1.85. The van der Waals surface area contributed by atoms with E-state index in [2.05, 4.69) is 4.98 Å². The van der Waals surface area contributed by atoms with E-state index < -0.39 is 0 Å². The first-order valence-electron chi connectivity index (χ1n) is 5.68. The van der Waals surface area contributed by atoms with Gasteiger partial charge in [-0.1, -0.05) is 18.2 Å². The molecule has 2 aromatic heterocycles. The van der Waals surface area contributed by atoms with Gasteiger partial charge in [-0.15, -0.1) is 0 Å². The number of aryl methyl sites for hydroxylation is 1. The maximum Gasteiger partial charge on any atom is 0.185 e. The topological polar surface area (TPSA) is 43.1 Å². The number of fused-ring (bicyclic) bond motifs is 1. The van der Waals surface area contributed by atoms with Gasteiger partial charge in [0.15, 0.2) is 12.0 Å². The molecular weight excluding hydrogens is 226 g/mol. The van der Waals surface area contributed by atoms with Crippen molar-refractivity contribution in [3.05, 3.63) is 54.0 Å². The SMILES string of the molecule is Cc1cncc2cccc(-c3ccc(C=O)o3)c12. The van der Waals surface area contributed by atoms with Crippen molar-refractivity contribution in [1.82, 2.24) is 4.98 Å². The largest absolute Gasteiger partial charge is 0.453 e. The molecule has 1 aromatic carbocycles. The zero-order valence-electron chi connectivity index (χ0n) is 9.88. The highest BCUT2D eigenvalue weighted by molar-refractivity contribution is 5.97. The van der Waals surface area contributed by atoms with E-state index in [0.717, 1.165) is 21.9 Å². The van der Waals surface area contributed by atoms with Crippen LogP contribution in [-0.4, -0.2) is 11.3 Å². The highest BCUT2D eigenvalue weighted by Crippen LogP contribution is 2.31. The fraction of sp³-hybridized carbons (Fsp3) is 0.0667. The standard InChI is InChI=1S/C15H11NO2/c1-10-7-16-8-11-3-2-4-13(15(10)11)14-6-5-12(9-17)18-14/h2-9H,1H3. The molecule has 0 aliphatic rings. The van der Waals surface area contributed by atoms with Crippen molar-refractivity contribution in [1.29, 1.82) is 0 Å². The summed E-state index contributed by atoms with van der Waals surface area (Å²) < 4.78 is 5.49. The van der Waals surface area contributed by atoms with E-state index in [-0.39, 0.29) is 0 Å². The quantitative estimate of drug-likeness (QED) is 0.639. The molecule has 0 fully saturated rings. The molecule has 3 rings (SSSR count). The molecule has 0 saturated heterocycles. The first kappa shape index (κ1) is 10.7. The second-order valence-corrected chi connectivity index (χ2v) is 4.18. The molecule has 0 spiro atoms. The molecule has 3 aromatic rings. The van der Waals surface area contributed by atoms with Gasteiger partial charge in [-0.2, -0.15) is 0 Å². The van der Waals surface area contributed by atoms with E-state index in [0.29, 0.717) is 17.8 Å². The maximum absolute atomic E-state index is 10.7. The number of carbonyl (C=O) groups is 1. The molecule has 0 N–H and O–H groups in total. The van der Waals surface area contributed by atoms with Crippen LogP contribution in [0.2, 0.25) is 0 Å². The molecule has 3 heteroatoms. The van der Waals surface area contributed by atoms with Crippen LogP contribution in [0, 0.1) is 6.92 Å². The first-order valence-corrected chi connectivity index (χ1v) is 5.68. The molecule has 0 atom stereocenters. The maximum atomic E-state index is 10.7. The van der Waals surface area contributed by atoms with Crippen molar-refractivity contribution in [2.75, 3.05) is 0 Å². The summed E-state index contributed by atoms with van der Waals surface area (Å²) >= 11 is 0. The Bertz CT molecular complexity index is 723. The number of hydrogen-bond acceptors (Lipinski definition) is 3. The van der Waals surface area contributed by atoms with Crippen LogP contribution in [-0.2, 0) is 0 Å². The van der Waals surface area contributed by atoms with Crippen LogP contribution in [0.15, 0.2) is 47.1 Å². The molecule has 3 nitrogen and oxygen atoms in total. The average molecular weight is 237 g/mol. The molecule has 0 unspecified atom stereocenters. The minimum absolute atomic E-state index is 0.341. The lowest BCUT2D eigenvalue weighted by Gasteiger charge is -2.06. The Kier molecular flexibility index (Phi) is 2.45. The van der Waals surface area contributed by atoms with Gasteiger partial charge in [0.25, 0.3) is 0 Å². The summed E-state index contributed by atoms with van der Waals surface area (Å²) in [7, 11) is 0. The third kappa shape index (κ3) is 1.61. The Morgan fingerprint density at radius 2 is 2.06 bits per heavy atom. The lowest BCUT2D eigenvalue weighted by atomic mass is 10.0. The smallest absolute Gasteiger partial charge is 0.185 e.